The van der Waals surface area contributed by atoms with Gasteiger partial charge in [-0.05, 0) is 39.0 Å². The van der Waals surface area contributed by atoms with Crippen molar-refractivity contribution in [3.05, 3.63) is 35.1 Å². The van der Waals surface area contributed by atoms with Crippen LogP contribution >= 0.6 is 0 Å². The van der Waals surface area contributed by atoms with Gasteiger partial charge in [0.25, 0.3) is 0 Å². The number of hydrogen-bond acceptors (Lipinski definition) is 3. The maximum absolute atomic E-state index is 13.6. The zero-order valence-corrected chi connectivity index (χ0v) is 11.7. The first-order chi connectivity index (χ1) is 9.31. The van der Waals surface area contributed by atoms with E-state index in [2.05, 4.69) is 10.6 Å². The lowest BCUT2D eigenvalue weighted by Gasteiger charge is -2.16. The van der Waals surface area contributed by atoms with E-state index in [4.69, 9.17) is 5.11 Å². The van der Waals surface area contributed by atoms with E-state index in [9.17, 15) is 14.0 Å². The van der Waals surface area contributed by atoms with Crippen LogP contribution in [-0.2, 0) is 11.3 Å². The Kier molecular flexibility index (Phi) is 5.64. The number of carbonyl (C=O) groups excluding carboxylic acids is 1. The average Bonchev–Trinajstić information content (AvgIpc) is 2.36. The molecule has 6 heteroatoms. The van der Waals surface area contributed by atoms with E-state index in [1.807, 2.05) is 13.8 Å². The van der Waals surface area contributed by atoms with Crippen LogP contribution < -0.4 is 10.6 Å². The summed E-state index contributed by atoms with van der Waals surface area (Å²) in [4.78, 5) is 22.5. The standard InChI is InChI=1S/C14H19FN2O3/c1-8(2)17-13(18)9(3)16-7-11-6-10(14(19)20)4-5-12(11)15/h4-6,8-9,16H,7H2,1-3H3,(H,17,18)(H,19,20). The van der Waals surface area contributed by atoms with Gasteiger partial charge in [-0.15, -0.1) is 0 Å². The zero-order chi connectivity index (χ0) is 15.3. The van der Waals surface area contributed by atoms with E-state index in [1.165, 1.54) is 12.1 Å². The Labute approximate surface area is 117 Å². The molecule has 0 aliphatic carbocycles. The summed E-state index contributed by atoms with van der Waals surface area (Å²) in [6.45, 7) is 5.44. The fraction of sp³-hybridized carbons (Fsp3) is 0.429. The molecule has 0 heterocycles. The molecule has 1 aromatic carbocycles. The molecule has 1 unspecified atom stereocenters. The van der Waals surface area contributed by atoms with Gasteiger partial charge in [0.15, 0.2) is 0 Å². The summed E-state index contributed by atoms with van der Waals surface area (Å²) in [7, 11) is 0. The lowest BCUT2D eigenvalue weighted by Crippen LogP contribution is -2.44. The Morgan fingerprint density at radius 3 is 2.50 bits per heavy atom. The van der Waals surface area contributed by atoms with Crippen LogP contribution in [0.2, 0.25) is 0 Å². The van der Waals surface area contributed by atoms with Crippen molar-refractivity contribution >= 4 is 11.9 Å². The van der Waals surface area contributed by atoms with Gasteiger partial charge in [0, 0.05) is 18.2 Å². The third kappa shape index (κ3) is 4.62. The molecule has 0 aliphatic heterocycles. The molecule has 0 radical (unpaired) electrons. The first-order valence-corrected chi connectivity index (χ1v) is 6.36. The van der Waals surface area contributed by atoms with Gasteiger partial charge in [0.2, 0.25) is 5.91 Å². The molecule has 110 valence electrons. The first-order valence-electron chi connectivity index (χ1n) is 6.36. The number of carboxylic acid groups (broad SMARTS) is 1. The maximum atomic E-state index is 13.6. The quantitative estimate of drug-likeness (QED) is 0.739. The number of nitrogens with one attached hydrogen (secondary N) is 2. The fourth-order valence-electron chi connectivity index (χ4n) is 1.61. The highest BCUT2D eigenvalue weighted by molar-refractivity contribution is 5.87. The molecule has 1 amide bonds. The molecular formula is C14H19FN2O3. The highest BCUT2D eigenvalue weighted by Crippen LogP contribution is 2.11. The van der Waals surface area contributed by atoms with Gasteiger partial charge in [-0.3, -0.25) is 4.79 Å². The molecule has 0 saturated heterocycles. The molecule has 0 spiro atoms. The number of halogens is 1. The van der Waals surface area contributed by atoms with E-state index < -0.39 is 17.8 Å². The van der Waals surface area contributed by atoms with Gasteiger partial charge in [-0.2, -0.15) is 0 Å². The van der Waals surface area contributed by atoms with Crippen molar-refractivity contribution in [2.45, 2.75) is 39.4 Å². The lowest BCUT2D eigenvalue weighted by molar-refractivity contribution is -0.123. The summed E-state index contributed by atoms with van der Waals surface area (Å²) in [5.74, 6) is -1.80. The van der Waals surface area contributed by atoms with Crippen molar-refractivity contribution in [1.29, 1.82) is 0 Å². The van der Waals surface area contributed by atoms with Crippen molar-refractivity contribution < 1.29 is 19.1 Å². The van der Waals surface area contributed by atoms with Crippen LogP contribution in [0.5, 0.6) is 0 Å². The minimum atomic E-state index is -1.11. The number of aromatic carboxylic acids is 1. The summed E-state index contributed by atoms with van der Waals surface area (Å²) in [6, 6.07) is 3.11. The molecule has 0 aromatic heterocycles. The predicted octanol–water partition coefficient (Wildman–Crippen LogP) is 1.53. The number of hydrogen-bond donors (Lipinski definition) is 3. The first kappa shape index (κ1) is 16.1. The molecule has 5 nitrogen and oxygen atoms in total. The van der Waals surface area contributed by atoms with Crippen molar-refractivity contribution in [2.75, 3.05) is 0 Å². The van der Waals surface area contributed by atoms with Crippen LogP contribution in [0.3, 0.4) is 0 Å². The van der Waals surface area contributed by atoms with Crippen LogP contribution in [0.15, 0.2) is 18.2 Å². The van der Waals surface area contributed by atoms with Crippen LogP contribution in [0, 0.1) is 5.82 Å². The number of carbonyl (C=O) groups is 2. The smallest absolute Gasteiger partial charge is 0.335 e. The van der Waals surface area contributed by atoms with Crippen molar-refractivity contribution in [1.82, 2.24) is 10.6 Å². The second-order valence-electron chi connectivity index (χ2n) is 4.88. The molecule has 0 fully saturated rings. The second kappa shape index (κ2) is 7.00. The van der Waals surface area contributed by atoms with Crippen LogP contribution in [0.25, 0.3) is 0 Å². The van der Waals surface area contributed by atoms with Gasteiger partial charge < -0.3 is 15.7 Å². The second-order valence-corrected chi connectivity index (χ2v) is 4.88. The molecule has 3 N–H and O–H groups in total. The van der Waals surface area contributed by atoms with Crippen molar-refractivity contribution in [3.8, 4) is 0 Å². The summed E-state index contributed by atoms with van der Waals surface area (Å²) >= 11 is 0. The molecule has 0 bridgehead atoms. The largest absolute Gasteiger partial charge is 0.478 e. The third-order valence-corrected chi connectivity index (χ3v) is 2.72. The van der Waals surface area contributed by atoms with Gasteiger partial charge in [-0.1, -0.05) is 0 Å². The van der Waals surface area contributed by atoms with Crippen LogP contribution in [0.1, 0.15) is 36.7 Å². The third-order valence-electron chi connectivity index (χ3n) is 2.72. The summed E-state index contributed by atoms with van der Waals surface area (Å²) in [6.07, 6.45) is 0. The van der Waals surface area contributed by atoms with Gasteiger partial charge in [0.1, 0.15) is 5.82 Å². The zero-order valence-electron chi connectivity index (χ0n) is 11.7. The number of rotatable bonds is 6. The molecular weight excluding hydrogens is 263 g/mol. The SMILES string of the molecule is CC(C)NC(=O)C(C)NCc1cc(C(=O)O)ccc1F. The Morgan fingerprint density at radius 1 is 1.30 bits per heavy atom. The normalized spacial score (nSPS) is 12.2. The minimum absolute atomic E-state index is 0.0162. The Hall–Kier alpha value is -1.95. The van der Waals surface area contributed by atoms with E-state index in [1.54, 1.807) is 6.92 Å². The predicted molar refractivity (Wildman–Crippen MR) is 72.9 cm³/mol. The topological polar surface area (TPSA) is 78.4 Å². The lowest BCUT2D eigenvalue weighted by atomic mass is 10.1. The maximum Gasteiger partial charge on any atom is 0.335 e. The van der Waals surface area contributed by atoms with E-state index in [0.717, 1.165) is 6.07 Å². The summed E-state index contributed by atoms with van der Waals surface area (Å²) in [5.41, 5.74) is 0.233. The van der Waals surface area contributed by atoms with E-state index in [0.29, 0.717) is 0 Å². The highest BCUT2D eigenvalue weighted by Gasteiger charge is 2.14. The van der Waals surface area contributed by atoms with Gasteiger partial charge in [0.05, 0.1) is 11.6 Å². The molecule has 1 atom stereocenters. The Bertz CT molecular complexity index is 503. The fourth-order valence-corrected chi connectivity index (χ4v) is 1.61. The Balaban J connectivity index is 2.67. The minimum Gasteiger partial charge on any atom is -0.478 e. The molecule has 0 aliphatic rings. The van der Waals surface area contributed by atoms with Gasteiger partial charge in [-0.25, -0.2) is 9.18 Å². The Morgan fingerprint density at radius 2 is 1.95 bits per heavy atom. The monoisotopic (exact) mass is 282 g/mol. The number of benzene rings is 1. The highest BCUT2D eigenvalue weighted by atomic mass is 19.1. The van der Waals surface area contributed by atoms with E-state index >= 15 is 0 Å². The number of amides is 1. The average molecular weight is 282 g/mol. The molecule has 1 aromatic rings. The van der Waals surface area contributed by atoms with Crippen molar-refractivity contribution in [2.24, 2.45) is 0 Å². The van der Waals surface area contributed by atoms with Crippen LogP contribution in [-0.4, -0.2) is 29.1 Å². The summed E-state index contributed by atoms with van der Waals surface area (Å²) in [5, 5.41) is 14.5. The summed E-state index contributed by atoms with van der Waals surface area (Å²) < 4.78 is 13.6. The van der Waals surface area contributed by atoms with Gasteiger partial charge >= 0.3 is 5.97 Å². The molecule has 20 heavy (non-hydrogen) atoms. The van der Waals surface area contributed by atoms with Crippen molar-refractivity contribution in [3.63, 3.8) is 0 Å². The van der Waals surface area contributed by atoms with Crippen LogP contribution in [0.4, 0.5) is 4.39 Å². The molecule has 1 rings (SSSR count). The number of carboxylic acids is 1. The molecule has 0 saturated carbocycles. The van der Waals surface area contributed by atoms with E-state index in [-0.39, 0.29) is 29.6 Å².